The summed E-state index contributed by atoms with van der Waals surface area (Å²) in [5.74, 6) is 5.67. The van der Waals surface area contributed by atoms with Gasteiger partial charge in [0.25, 0.3) is 5.24 Å². The van der Waals surface area contributed by atoms with Gasteiger partial charge in [-0.05, 0) is 119 Å². The third kappa shape index (κ3) is 13.2. The molecule has 1 amide bonds. The van der Waals surface area contributed by atoms with Crippen LogP contribution in [0.2, 0.25) is 0 Å². The first-order valence-corrected chi connectivity index (χ1v) is 24.8. The van der Waals surface area contributed by atoms with Crippen LogP contribution in [0.4, 0.5) is 4.79 Å². The fourth-order valence-electron chi connectivity index (χ4n) is 11.9. The standard InChI is InChI=1S/C49H88N2O3S/c1-10-11-12-13-14-15-16-17-18-19-20-33-51(47(53)55-36-39(5)50(8)9)34-30-46(52)54-41-28-31-48(6)40(35-41)24-25-42-44-27-26-43(38(4)23-21-22-37(2)3)49(44,7)32-29-45(42)48/h24,37-39,41-45H,10-23,25-36H2,1-9H3/t38-,39?,41+,42?,43-,44?,45?,48+,49-/m1/s1. The van der Waals surface area contributed by atoms with Crippen LogP contribution in [-0.4, -0.2) is 66.1 Å². The Balaban J connectivity index is 1.25. The molecule has 4 rings (SSSR count). The number of hydrogen-bond donors (Lipinski definition) is 0. The van der Waals surface area contributed by atoms with Crippen molar-refractivity contribution in [3.8, 4) is 0 Å². The van der Waals surface area contributed by atoms with E-state index in [1.165, 1.54) is 121 Å². The highest BCUT2D eigenvalue weighted by Crippen LogP contribution is 2.67. The molecule has 4 aliphatic carbocycles. The predicted molar refractivity (Wildman–Crippen MR) is 237 cm³/mol. The molecular formula is C49H88N2O3S. The maximum absolute atomic E-state index is 13.4. The average molecular weight is 785 g/mol. The summed E-state index contributed by atoms with van der Waals surface area (Å²) in [6.07, 6.45) is 31.2. The van der Waals surface area contributed by atoms with Crippen molar-refractivity contribution in [2.75, 3.05) is 32.9 Å². The molecule has 0 bridgehead atoms. The zero-order chi connectivity index (χ0) is 40.0. The van der Waals surface area contributed by atoms with Crippen molar-refractivity contribution in [2.45, 2.75) is 208 Å². The van der Waals surface area contributed by atoms with E-state index in [0.717, 1.165) is 79.9 Å². The van der Waals surface area contributed by atoms with E-state index in [-0.39, 0.29) is 22.7 Å². The van der Waals surface area contributed by atoms with Gasteiger partial charge in [-0.15, -0.1) is 0 Å². The topological polar surface area (TPSA) is 49.9 Å². The number of rotatable bonds is 24. The Hall–Kier alpha value is -1.01. The minimum atomic E-state index is -0.126. The monoisotopic (exact) mass is 785 g/mol. The third-order valence-corrected chi connectivity index (χ3v) is 16.9. The molecule has 0 aromatic carbocycles. The molecule has 5 nitrogen and oxygen atoms in total. The van der Waals surface area contributed by atoms with Crippen molar-refractivity contribution in [3.05, 3.63) is 11.6 Å². The summed E-state index contributed by atoms with van der Waals surface area (Å²) in [6, 6.07) is 0.324. The number of thioether (sulfide) groups is 1. The number of nitrogens with zero attached hydrogens (tertiary/aromatic N) is 2. The van der Waals surface area contributed by atoms with E-state index >= 15 is 0 Å². The molecule has 55 heavy (non-hydrogen) atoms. The fourth-order valence-corrected chi connectivity index (χ4v) is 13.0. The molecule has 0 heterocycles. The highest BCUT2D eigenvalue weighted by atomic mass is 32.2. The molecule has 3 fully saturated rings. The molecule has 3 saturated carbocycles. The maximum atomic E-state index is 13.4. The molecule has 4 unspecified atom stereocenters. The minimum absolute atomic E-state index is 0.0223. The van der Waals surface area contributed by atoms with Crippen molar-refractivity contribution < 1.29 is 14.3 Å². The van der Waals surface area contributed by atoms with Crippen molar-refractivity contribution in [3.63, 3.8) is 0 Å². The van der Waals surface area contributed by atoms with Gasteiger partial charge in [-0.25, -0.2) is 0 Å². The number of unbranched alkanes of at least 4 members (excludes halogenated alkanes) is 10. The number of allylic oxidation sites excluding steroid dienone is 1. The van der Waals surface area contributed by atoms with Gasteiger partial charge in [0.2, 0.25) is 0 Å². The van der Waals surface area contributed by atoms with E-state index in [4.69, 9.17) is 4.74 Å². The Bertz CT molecular complexity index is 1190. The molecule has 4 aliphatic rings. The van der Waals surface area contributed by atoms with E-state index in [1.807, 2.05) is 4.90 Å². The number of hydrogen-bond acceptors (Lipinski definition) is 5. The van der Waals surface area contributed by atoms with Gasteiger partial charge >= 0.3 is 5.97 Å². The number of carbonyl (C=O) groups excluding carboxylic acids is 2. The molecular weight excluding hydrogens is 697 g/mol. The second kappa shape index (κ2) is 23.0. The van der Waals surface area contributed by atoms with Gasteiger partial charge < -0.3 is 14.5 Å². The number of carbonyl (C=O) groups is 2. The summed E-state index contributed by atoms with van der Waals surface area (Å²) < 4.78 is 6.23. The van der Waals surface area contributed by atoms with Gasteiger partial charge in [0.05, 0.1) is 6.42 Å². The molecule has 9 atom stereocenters. The molecule has 0 aromatic rings. The molecule has 0 aromatic heterocycles. The lowest BCUT2D eigenvalue weighted by Gasteiger charge is -2.58. The molecule has 0 radical (unpaired) electrons. The zero-order valence-electron chi connectivity index (χ0n) is 37.6. The van der Waals surface area contributed by atoms with E-state index in [1.54, 1.807) is 5.57 Å². The van der Waals surface area contributed by atoms with E-state index in [0.29, 0.717) is 24.4 Å². The SMILES string of the molecule is CCCCCCCCCCCCCN(CCC(=O)O[C@H]1CC[C@@]2(C)C(=CCC3C2CC[C@@]2(C)C3CC[C@@H]2[C@H](C)CCCC(C)C)C1)C(=O)SCC(C)N(C)C. The summed E-state index contributed by atoms with van der Waals surface area (Å²) in [6.45, 7) is 18.2. The Morgan fingerprint density at radius 2 is 1.49 bits per heavy atom. The second-order valence-corrected chi connectivity index (χ2v) is 21.3. The van der Waals surface area contributed by atoms with Crippen molar-refractivity contribution in [2.24, 2.45) is 46.3 Å². The molecule has 6 heteroatoms. The third-order valence-electron chi connectivity index (χ3n) is 15.8. The number of fused-ring (bicyclic) bond motifs is 5. The van der Waals surface area contributed by atoms with Gasteiger partial charge in [0, 0.05) is 31.3 Å². The maximum Gasteiger partial charge on any atom is 0.307 e. The van der Waals surface area contributed by atoms with Crippen LogP contribution >= 0.6 is 11.8 Å². The highest BCUT2D eigenvalue weighted by molar-refractivity contribution is 8.13. The lowest BCUT2D eigenvalue weighted by molar-refractivity contribution is -0.151. The molecule has 318 valence electrons. The lowest BCUT2D eigenvalue weighted by Crippen LogP contribution is -2.51. The second-order valence-electron chi connectivity index (χ2n) is 20.3. The zero-order valence-corrected chi connectivity index (χ0v) is 38.4. The van der Waals surface area contributed by atoms with Crippen molar-refractivity contribution in [1.29, 1.82) is 0 Å². The van der Waals surface area contributed by atoms with Gasteiger partial charge in [0.15, 0.2) is 0 Å². The van der Waals surface area contributed by atoms with Crippen LogP contribution in [0, 0.1) is 46.3 Å². The van der Waals surface area contributed by atoms with Gasteiger partial charge in [-0.1, -0.05) is 148 Å². The smallest absolute Gasteiger partial charge is 0.307 e. The van der Waals surface area contributed by atoms with E-state index in [9.17, 15) is 9.59 Å². The fraction of sp³-hybridized carbons (Fsp3) is 0.918. The summed E-state index contributed by atoms with van der Waals surface area (Å²) in [5, 5.41) is 0.113. The molecule has 0 spiro atoms. The van der Waals surface area contributed by atoms with Crippen LogP contribution in [-0.2, 0) is 9.53 Å². The Kier molecular flexibility index (Phi) is 19.5. The quantitative estimate of drug-likeness (QED) is 0.0554. The number of esters is 1. The first-order chi connectivity index (χ1) is 26.3. The number of ether oxygens (including phenoxy) is 1. The minimum Gasteiger partial charge on any atom is -0.462 e. The highest BCUT2D eigenvalue weighted by Gasteiger charge is 2.59. The summed E-state index contributed by atoms with van der Waals surface area (Å²) in [7, 11) is 4.13. The Morgan fingerprint density at radius 1 is 0.818 bits per heavy atom. The summed E-state index contributed by atoms with van der Waals surface area (Å²) >= 11 is 1.41. The van der Waals surface area contributed by atoms with Crippen LogP contribution < -0.4 is 0 Å². The van der Waals surface area contributed by atoms with Gasteiger partial charge in [0.1, 0.15) is 6.10 Å². The molecule has 0 aliphatic heterocycles. The van der Waals surface area contributed by atoms with Gasteiger partial charge in [-0.3, -0.25) is 9.59 Å². The van der Waals surface area contributed by atoms with Crippen LogP contribution in [0.5, 0.6) is 0 Å². The Morgan fingerprint density at radius 3 is 2.15 bits per heavy atom. The van der Waals surface area contributed by atoms with Crippen molar-refractivity contribution in [1.82, 2.24) is 9.80 Å². The van der Waals surface area contributed by atoms with E-state index < -0.39 is 0 Å². The lowest BCUT2D eigenvalue weighted by atomic mass is 9.47. The first-order valence-electron chi connectivity index (χ1n) is 23.8. The Labute approximate surface area is 345 Å². The van der Waals surface area contributed by atoms with Gasteiger partial charge in [-0.2, -0.15) is 0 Å². The van der Waals surface area contributed by atoms with Crippen LogP contribution in [0.15, 0.2) is 11.6 Å². The van der Waals surface area contributed by atoms with Crippen LogP contribution in [0.25, 0.3) is 0 Å². The average Bonchev–Trinajstić information content (AvgIpc) is 3.51. The number of amides is 1. The van der Waals surface area contributed by atoms with Crippen LogP contribution in [0.3, 0.4) is 0 Å². The largest absolute Gasteiger partial charge is 0.462 e. The molecule has 0 saturated heterocycles. The first kappa shape index (κ1) is 46.7. The van der Waals surface area contributed by atoms with Crippen molar-refractivity contribution >= 4 is 23.0 Å². The molecule has 0 N–H and O–H groups in total. The summed E-state index contributed by atoms with van der Waals surface area (Å²) in [5.41, 5.74) is 2.35. The predicted octanol–water partition coefficient (Wildman–Crippen LogP) is 13.7. The normalized spacial score (nSPS) is 30.0. The van der Waals surface area contributed by atoms with Crippen LogP contribution in [0.1, 0.15) is 196 Å². The van der Waals surface area contributed by atoms with E-state index in [2.05, 4.69) is 73.5 Å². The summed E-state index contributed by atoms with van der Waals surface area (Å²) in [4.78, 5) is 30.9.